The van der Waals surface area contributed by atoms with Crippen LogP contribution in [0.15, 0.2) is 103 Å². The van der Waals surface area contributed by atoms with Gasteiger partial charge in [-0.05, 0) is 72.0 Å². The molecule has 6 heteroatoms. The molecule has 0 radical (unpaired) electrons. The summed E-state index contributed by atoms with van der Waals surface area (Å²) in [6.07, 6.45) is 1.95. The fraction of sp³-hybridized carbons (Fsp3) is 0.182. The first kappa shape index (κ1) is 26.5. The predicted molar refractivity (Wildman–Crippen MR) is 155 cm³/mol. The number of hydrogen-bond donors (Lipinski definition) is 2. The minimum atomic E-state index is -0.967. The van der Waals surface area contributed by atoms with Gasteiger partial charge in [-0.2, -0.15) is 0 Å². The van der Waals surface area contributed by atoms with Crippen LogP contribution in [0, 0.1) is 0 Å². The summed E-state index contributed by atoms with van der Waals surface area (Å²) >= 11 is 6.51. The van der Waals surface area contributed by atoms with Crippen LogP contribution in [-0.2, 0) is 12.8 Å². The van der Waals surface area contributed by atoms with Crippen molar-refractivity contribution >= 4 is 28.5 Å². The molecule has 1 heterocycles. The Morgan fingerprint density at radius 1 is 0.846 bits per heavy atom. The van der Waals surface area contributed by atoms with Gasteiger partial charge in [0.05, 0.1) is 18.2 Å². The Morgan fingerprint density at radius 2 is 1.49 bits per heavy atom. The molecule has 39 heavy (non-hydrogen) atoms. The molecule has 0 saturated carbocycles. The Kier molecular flexibility index (Phi) is 8.30. The zero-order chi connectivity index (χ0) is 27.2. The van der Waals surface area contributed by atoms with Crippen LogP contribution in [0.2, 0.25) is 5.02 Å². The van der Waals surface area contributed by atoms with Crippen LogP contribution in [0.1, 0.15) is 45.2 Å². The number of aromatic carboxylic acids is 1. The number of aliphatic hydroxyl groups is 1. The Balaban J connectivity index is 1.60. The van der Waals surface area contributed by atoms with E-state index in [1.165, 1.54) is 11.1 Å². The number of aromatic nitrogens is 1. The molecule has 4 aromatic carbocycles. The monoisotopic (exact) mass is 539 g/mol. The third kappa shape index (κ3) is 5.85. The first-order valence-electron chi connectivity index (χ1n) is 13.0. The van der Waals surface area contributed by atoms with Crippen molar-refractivity contribution < 1.29 is 19.7 Å². The number of ether oxygens (including phenoxy) is 1. The van der Waals surface area contributed by atoms with Crippen LogP contribution in [0.5, 0.6) is 5.75 Å². The number of aliphatic hydroxyl groups excluding tert-OH is 1. The maximum Gasteiger partial charge on any atom is 0.335 e. The molecule has 2 N–H and O–H groups in total. The van der Waals surface area contributed by atoms with Crippen molar-refractivity contribution in [3.8, 4) is 5.75 Å². The van der Waals surface area contributed by atoms with Crippen LogP contribution in [0.25, 0.3) is 10.9 Å². The van der Waals surface area contributed by atoms with E-state index in [1.54, 1.807) is 24.3 Å². The van der Waals surface area contributed by atoms with Crippen molar-refractivity contribution in [2.24, 2.45) is 0 Å². The highest BCUT2D eigenvalue weighted by atomic mass is 35.5. The summed E-state index contributed by atoms with van der Waals surface area (Å²) in [6.45, 7) is 0.501. The van der Waals surface area contributed by atoms with E-state index in [4.69, 9.17) is 21.4 Å². The molecule has 1 aromatic heterocycles. The van der Waals surface area contributed by atoms with Crippen LogP contribution in [0.4, 0.5) is 0 Å². The SMILES string of the molecule is O=C(O)c1ccc(OCCc2c(CCCO)n(C(c3ccccc3)c3ccccc3)c3ccc(Cl)cc23)cc1. The average Bonchev–Trinajstić information content (AvgIpc) is 3.25. The van der Waals surface area contributed by atoms with Crippen molar-refractivity contribution in [3.63, 3.8) is 0 Å². The third-order valence-electron chi connectivity index (χ3n) is 6.96. The molecule has 0 amide bonds. The third-order valence-corrected chi connectivity index (χ3v) is 7.20. The number of carboxylic acid groups (broad SMARTS) is 1. The molecule has 0 unspecified atom stereocenters. The quantitative estimate of drug-likeness (QED) is 0.186. The molecule has 0 aliphatic heterocycles. The highest BCUT2D eigenvalue weighted by molar-refractivity contribution is 6.31. The van der Waals surface area contributed by atoms with Gasteiger partial charge in [-0.25, -0.2) is 4.79 Å². The fourth-order valence-electron chi connectivity index (χ4n) is 5.22. The van der Waals surface area contributed by atoms with Crippen molar-refractivity contribution in [2.75, 3.05) is 13.2 Å². The second-order valence-electron chi connectivity index (χ2n) is 9.44. The summed E-state index contributed by atoms with van der Waals surface area (Å²) in [5.74, 6) is -0.351. The standard InChI is InChI=1S/C33H30ClNO4/c34-26-15-18-31-29(22-26)28(19-21-39-27-16-13-25(14-17-27)33(37)38)30(12-7-20-36)35(31)32(23-8-3-1-4-9-23)24-10-5-2-6-11-24/h1-6,8-11,13-18,22,32,36H,7,12,19-21H2,(H,37,38). The van der Waals surface area contributed by atoms with Gasteiger partial charge in [0.15, 0.2) is 0 Å². The maximum absolute atomic E-state index is 11.2. The Hall–Kier alpha value is -4.06. The number of carbonyl (C=O) groups is 1. The lowest BCUT2D eigenvalue weighted by molar-refractivity contribution is 0.0697. The van der Waals surface area contributed by atoms with E-state index in [2.05, 4.69) is 59.2 Å². The molecule has 5 aromatic rings. The summed E-state index contributed by atoms with van der Waals surface area (Å²) in [5.41, 5.74) is 5.91. The topological polar surface area (TPSA) is 71.7 Å². The Morgan fingerprint density at radius 3 is 2.08 bits per heavy atom. The van der Waals surface area contributed by atoms with Crippen LogP contribution >= 0.6 is 11.6 Å². The zero-order valence-electron chi connectivity index (χ0n) is 21.5. The first-order valence-corrected chi connectivity index (χ1v) is 13.4. The zero-order valence-corrected chi connectivity index (χ0v) is 22.2. The number of fused-ring (bicyclic) bond motifs is 1. The molecule has 0 aliphatic carbocycles. The van der Waals surface area contributed by atoms with Gasteiger partial charge in [0.2, 0.25) is 0 Å². The first-order chi connectivity index (χ1) is 19.1. The highest BCUT2D eigenvalue weighted by Gasteiger charge is 2.25. The summed E-state index contributed by atoms with van der Waals surface area (Å²) < 4.78 is 8.43. The predicted octanol–water partition coefficient (Wildman–Crippen LogP) is 7.18. The minimum absolute atomic E-state index is 0.0667. The number of carboxylic acids is 1. The Bertz CT molecular complexity index is 1510. The van der Waals surface area contributed by atoms with Crippen molar-refractivity contribution in [1.29, 1.82) is 0 Å². The van der Waals surface area contributed by atoms with E-state index < -0.39 is 5.97 Å². The van der Waals surface area contributed by atoms with Gasteiger partial charge >= 0.3 is 5.97 Å². The molecule has 0 fully saturated rings. The molecule has 0 aliphatic rings. The van der Waals surface area contributed by atoms with E-state index in [1.807, 2.05) is 24.3 Å². The largest absolute Gasteiger partial charge is 0.493 e. The number of nitrogens with zero attached hydrogens (tertiary/aromatic N) is 1. The van der Waals surface area contributed by atoms with Crippen molar-refractivity contribution in [3.05, 3.63) is 136 Å². The van der Waals surface area contributed by atoms with Crippen LogP contribution in [0.3, 0.4) is 0 Å². The summed E-state index contributed by atoms with van der Waals surface area (Å²) in [7, 11) is 0. The molecule has 5 nitrogen and oxygen atoms in total. The van der Waals surface area contributed by atoms with Gasteiger partial charge in [-0.15, -0.1) is 0 Å². The molecular weight excluding hydrogens is 510 g/mol. The molecule has 0 bridgehead atoms. The summed E-state index contributed by atoms with van der Waals surface area (Å²) in [6, 6.07) is 33.3. The Labute approximate surface area is 232 Å². The number of hydrogen-bond acceptors (Lipinski definition) is 3. The smallest absolute Gasteiger partial charge is 0.335 e. The normalized spacial score (nSPS) is 11.3. The number of benzene rings is 4. The van der Waals surface area contributed by atoms with Gasteiger partial charge < -0.3 is 19.5 Å². The van der Waals surface area contributed by atoms with Gasteiger partial charge in [0, 0.05) is 34.6 Å². The van der Waals surface area contributed by atoms with E-state index in [-0.39, 0.29) is 18.2 Å². The maximum atomic E-state index is 11.2. The van der Waals surface area contributed by atoms with Gasteiger partial charge in [-0.1, -0.05) is 72.3 Å². The second kappa shape index (κ2) is 12.2. The molecule has 5 rings (SSSR count). The molecular formula is C33H30ClNO4. The van der Waals surface area contributed by atoms with E-state index >= 15 is 0 Å². The molecule has 198 valence electrons. The van der Waals surface area contributed by atoms with Gasteiger partial charge in [0.1, 0.15) is 5.75 Å². The number of halogens is 1. The fourth-order valence-corrected chi connectivity index (χ4v) is 5.40. The summed E-state index contributed by atoms with van der Waals surface area (Å²) in [4.78, 5) is 11.2. The molecule has 0 atom stereocenters. The second-order valence-corrected chi connectivity index (χ2v) is 9.87. The lowest BCUT2D eigenvalue weighted by Gasteiger charge is -2.25. The number of rotatable bonds is 11. The highest BCUT2D eigenvalue weighted by Crippen LogP contribution is 2.38. The lowest BCUT2D eigenvalue weighted by Crippen LogP contribution is -2.16. The molecule has 0 saturated heterocycles. The van der Waals surface area contributed by atoms with Gasteiger partial charge in [-0.3, -0.25) is 0 Å². The summed E-state index contributed by atoms with van der Waals surface area (Å²) in [5, 5.41) is 20.7. The van der Waals surface area contributed by atoms with Crippen molar-refractivity contribution in [2.45, 2.75) is 25.3 Å². The van der Waals surface area contributed by atoms with Gasteiger partial charge in [0.25, 0.3) is 0 Å². The lowest BCUT2D eigenvalue weighted by atomic mass is 9.97. The van der Waals surface area contributed by atoms with Crippen molar-refractivity contribution in [1.82, 2.24) is 4.57 Å². The van der Waals surface area contributed by atoms with E-state index in [0.29, 0.717) is 36.6 Å². The average molecular weight is 540 g/mol. The molecule has 0 spiro atoms. The van der Waals surface area contributed by atoms with Crippen LogP contribution < -0.4 is 4.74 Å². The van der Waals surface area contributed by atoms with E-state index in [9.17, 15) is 9.90 Å². The van der Waals surface area contributed by atoms with Crippen LogP contribution in [-0.4, -0.2) is 34.0 Å². The minimum Gasteiger partial charge on any atom is -0.493 e. The van der Waals surface area contributed by atoms with E-state index in [0.717, 1.165) is 22.2 Å².